The topological polar surface area (TPSA) is 100 Å². The first kappa shape index (κ1) is 29.5. The lowest BCUT2D eigenvalue weighted by atomic mass is 10.1. The van der Waals surface area contributed by atoms with Crippen LogP contribution in [0.15, 0.2) is 60.2 Å². The van der Waals surface area contributed by atoms with Gasteiger partial charge in [0.25, 0.3) is 11.8 Å². The summed E-state index contributed by atoms with van der Waals surface area (Å²) in [6.07, 6.45) is -3.31. The molecule has 3 rings (SSSR count). The molecule has 202 valence electrons. The van der Waals surface area contributed by atoms with E-state index in [2.05, 4.69) is 10.6 Å². The van der Waals surface area contributed by atoms with Crippen molar-refractivity contribution in [3.05, 3.63) is 86.0 Å². The number of halogens is 4. The highest BCUT2D eigenvalue weighted by atomic mass is 127. The Kier molecular flexibility index (Phi) is 9.58. The molecule has 3 aromatic carbocycles. The van der Waals surface area contributed by atoms with Gasteiger partial charge in [0.15, 0.2) is 18.1 Å². The zero-order chi connectivity index (χ0) is 28.7. The predicted octanol–water partition coefficient (Wildman–Crippen LogP) is 6.50. The summed E-state index contributed by atoms with van der Waals surface area (Å²) in [5.41, 5.74) is 1.68. The van der Waals surface area contributed by atoms with E-state index in [1.165, 1.54) is 25.3 Å². The molecule has 0 aliphatic carbocycles. The van der Waals surface area contributed by atoms with Gasteiger partial charge in [-0.15, -0.1) is 0 Å². The molecular formula is C28H23F3IN3O4. The van der Waals surface area contributed by atoms with Crippen molar-refractivity contribution in [2.45, 2.75) is 20.0 Å². The van der Waals surface area contributed by atoms with Gasteiger partial charge in [0.2, 0.25) is 0 Å². The van der Waals surface area contributed by atoms with Crippen molar-refractivity contribution in [3.63, 3.8) is 0 Å². The van der Waals surface area contributed by atoms with Crippen LogP contribution in [0.25, 0.3) is 6.08 Å². The molecule has 11 heteroatoms. The molecule has 0 aliphatic rings. The Bertz CT molecular complexity index is 1480. The van der Waals surface area contributed by atoms with E-state index in [-0.39, 0.29) is 29.5 Å². The van der Waals surface area contributed by atoms with Crippen LogP contribution in [0.4, 0.5) is 24.5 Å². The number of alkyl halides is 3. The summed E-state index contributed by atoms with van der Waals surface area (Å²) in [7, 11) is 1.40. The van der Waals surface area contributed by atoms with Crippen LogP contribution in [0.2, 0.25) is 0 Å². The Morgan fingerprint density at radius 2 is 1.79 bits per heavy atom. The van der Waals surface area contributed by atoms with Crippen LogP contribution in [-0.2, 0) is 15.8 Å². The smallest absolute Gasteiger partial charge is 0.416 e. The molecule has 0 saturated carbocycles. The summed E-state index contributed by atoms with van der Waals surface area (Å²) in [5, 5.41) is 14.6. The van der Waals surface area contributed by atoms with E-state index >= 15 is 0 Å². The molecule has 0 bridgehead atoms. The van der Waals surface area contributed by atoms with Gasteiger partial charge < -0.3 is 20.1 Å². The maximum atomic E-state index is 13.0. The second-order valence-electron chi connectivity index (χ2n) is 8.32. The standard InChI is InChI=1S/C28H23F3IN3O4/c1-16-6-4-9-23(17(16)2)35-25(36)15-39-26-22(32)11-18(12-24(26)38-3)10-19(14-33)27(37)34-21-8-5-7-20(13-21)28(29,30)31/h4-13H,15H2,1-3H3,(H,34,37)(H,35,36)/b19-10+. The Balaban J connectivity index is 1.76. The highest BCUT2D eigenvalue weighted by Crippen LogP contribution is 2.35. The van der Waals surface area contributed by atoms with Gasteiger partial charge in [-0.25, -0.2) is 0 Å². The van der Waals surface area contributed by atoms with Gasteiger partial charge in [0.1, 0.15) is 11.6 Å². The van der Waals surface area contributed by atoms with Crippen molar-refractivity contribution in [2.75, 3.05) is 24.4 Å². The SMILES string of the molecule is COc1cc(/C=C(\C#N)C(=O)Nc2cccc(C(F)(F)F)c2)cc(I)c1OCC(=O)Nc1cccc(C)c1C. The minimum Gasteiger partial charge on any atom is -0.493 e. The molecule has 0 saturated heterocycles. The van der Waals surface area contributed by atoms with E-state index in [9.17, 15) is 28.0 Å². The van der Waals surface area contributed by atoms with Gasteiger partial charge in [-0.2, -0.15) is 18.4 Å². The van der Waals surface area contributed by atoms with E-state index in [4.69, 9.17) is 9.47 Å². The summed E-state index contributed by atoms with van der Waals surface area (Å²) in [6.45, 7) is 3.55. The minimum atomic E-state index is -4.58. The number of amides is 2. The molecule has 2 amide bonds. The lowest BCUT2D eigenvalue weighted by Crippen LogP contribution is -2.21. The Morgan fingerprint density at radius 1 is 1.08 bits per heavy atom. The second kappa shape index (κ2) is 12.7. The molecule has 0 aromatic heterocycles. The maximum Gasteiger partial charge on any atom is 0.416 e. The summed E-state index contributed by atoms with van der Waals surface area (Å²) in [6, 6.07) is 14.5. The predicted molar refractivity (Wildman–Crippen MR) is 149 cm³/mol. The number of carbonyl (C=O) groups is 2. The van der Waals surface area contributed by atoms with Gasteiger partial charge >= 0.3 is 6.18 Å². The number of aryl methyl sites for hydroxylation is 1. The monoisotopic (exact) mass is 649 g/mol. The number of hydrogen-bond donors (Lipinski definition) is 2. The normalized spacial score (nSPS) is 11.4. The molecule has 0 heterocycles. The molecule has 0 spiro atoms. The number of nitrogens with one attached hydrogen (secondary N) is 2. The van der Waals surface area contributed by atoms with Crippen molar-refractivity contribution in [2.24, 2.45) is 0 Å². The third-order valence-electron chi connectivity index (χ3n) is 5.60. The van der Waals surface area contributed by atoms with Crippen LogP contribution < -0.4 is 20.1 Å². The van der Waals surface area contributed by atoms with Gasteiger partial charge in [-0.1, -0.05) is 18.2 Å². The molecule has 2 N–H and O–H groups in total. The average Bonchev–Trinajstić information content (AvgIpc) is 2.88. The van der Waals surface area contributed by atoms with Crippen molar-refractivity contribution in [1.82, 2.24) is 0 Å². The Labute approximate surface area is 236 Å². The van der Waals surface area contributed by atoms with E-state index in [1.807, 2.05) is 48.6 Å². The highest BCUT2D eigenvalue weighted by Gasteiger charge is 2.30. The second-order valence-corrected chi connectivity index (χ2v) is 9.48. The number of hydrogen-bond acceptors (Lipinski definition) is 5. The molecule has 0 aliphatic heterocycles. The van der Waals surface area contributed by atoms with E-state index < -0.39 is 17.6 Å². The summed E-state index contributed by atoms with van der Waals surface area (Å²) in [4.78, 5) is 25.1. The third-order valence-corrected chi connectivity index (χ3v) is 6.40. The van der Waals surface area contributed by atoms with E-state index in [0.717, 1.165) is 29.3 Å². The maximum absolute atomic E-state index is 13.0. The molecule has 39 heavy (non-hydrogen) atoms. The number of nitriles is 1. The van der Waals surface area contributed by atoms with Gasteiger partial charge in [-0.3, -0.25) is 9.59 Å². The number of ether oxygens (including phenoxy) is 2. The highest BCUT2D eigenvalue weighted by molar-refractivity contribution is 14.1. The fourth-order valence-corrected chi connectivity index (χ4v) is 4.24. The van der Waals surface area contributed by atoms with Crippen LogP contribution in [0.1, 0.15) is 22.3 Å². The number of carbonyl (C=O) groups excluding carboxylic acids is 2. The number of anilines is 2. The number of rotatable bonds is 8. The molecule has 7 nitrogen and oxygen atoms in total. The van der Waals surface area contributed by atoms with Crippen LogP contribution in [-0.4, -0.2) is 25.5 Å². The quantitative estimate of drug-likeness (QED) is 0.165. The zero-order valence-corrected chi connectivity index (χ0v) is 23.2. The lowest BCUT2D eigenvalue weighted by Gasteiger charge is -2.15. The van der Waals surface area contributed by atoms with Crippen LogP contribution in [0.5, 0.6) is 11.5 Å². The molecule has 0 unspecified atom stereocenters. The molecular weight excluding hydrogens is 626 g/mol. The lowest BCUT2D eigenvalue weighted by molar-refractivity contribution is -0.137. The summed E-state index contributed by atoms with van der Waals surface area (Å²) < 4.78 is 50.5. The zero-order valence-electron chi connectivity index (χ0n) is 21.1. The molecule has 3 aromatic rings. The fraction of sp³-hybridized carbons (Fsp3) is 0.179. The van der Waals surface area contributed by atoms with Gasteiger partial charge in [0, 0.05) is 11.4 Å². The van der Waals surface area contributed by atoms with Crippen LogP contribution in [0, 0.1) is 28.7 Å². The Morgan fingerprint density at radius 3 is 2.46 bits per heavy atom. The van der Waals surface area contributed by atoms with Crippen LogP contribution >= 0.6 is 22.6 Å². The Hall–Kier alpha value is -4.05. The molecule has 0 fully saturated rings. The van der Waals surface area contributed by atoms with Crippen molar-refractivity contribution >= 4 is 51.9 Å². The van der Waals surface area contributed by atoms with E-state index in [1.54, 1.807) is 18.2 Å². The summed E-state index contributed by atoms with van der Waals surface area (Å²) >= 11 is 1.96. The minimum absolute atomic E-state index is 0.106. The first-order valence-corrected chi connectivity index (χ1v) is 12.5. The van der Waals surface area contributed by atoms with Gasteiger partial charge in [-0.05, 0) is 95.6 Å². The van der Waals surface area contributed by atoms with Crippen molar-refractivity contribution in [1.29, 1.82) is 5.26 Å². The summed E-state index contributed by atoms with van der Waals surface area (Å²) in [5.74, 6) is -0.709. The number of methoxy groups -OCH3 is 1. The molecule has 0 atom stereocenters. The number of benzene rings is 3. The fourth-order valence-electron chi connectivity index (χ4n) is 3.46. The van der Waals surface area contributed by atoms with Crippen molar-refractivity contribution < 1.29 is 32.2 Å². The van der Waals surface area contributed by atoms with Crippen molar-refractivity contribution in [3.8, 4) is 17.6 Å². The first-order valence-electron chi connectivity index (χ1n) is 11.4. The third kappa shape index (κ3) is 7.73. The first-order chi connectivity index (χ1) is 18.4. The van der Waals surface area contributed by atoms with E-state index in [0.29, 0.717) is 20.6 Å². The molecule has 0 radical (unpaired) electrons. The van der Waals surface area contributed by atoms with Gasteiger partial charge in [0.05, 0.1) is 16.2 Å². The largest absolute Gasteiger partial charge is 0.493 e. The number of nitrogens with zero attached hydrogens (tertiary/aromatic N) is 1. The van der Waals surface area contributed by atoms with Crippen LogP contribution in [0.3, 0.4) is 0 Å². The average molecular weight is 649 g/mol.